The molecule has 5 rings (SSSR count). The van der Waals surface area contributed by atoms with E-state index in [-0.39, 0.29) is 17.6 Å². The van der Waals surface area contributed by atoms with Crippen molar-refractivity contribution in [2.24, 2.45) is 5.41 Å². The summed E-state index contributed by atoms with van der Waals surface area (Å²) in [4.78, 5) is 20.2. The summed E-state index contributed by atoms with van der Waals surface area (Å²) in [5.74, 6) is 0.747. The van der Waals surface area contributed by atoms with Gasteiger partial charge in [-0.1, -0.05) is 19.3 Å². The molecule has 2 aromatic rings. The normalized spacial score (nSPS) is 22.7. The van der Waals surface area contributed by atoms with Gasteiger partial charge in [0.15, 0.2) is 6.29 Å². The number of pyridine rings is 1. The van der Waals surface area contributed by atoms with E-state index in [4.69, 9.17) is 14.5 Å². The van der Waals surface area contributed by atoms with Crippen LogP contribution in [-0.4, -0.2) is 42.7 Å². The third-order valence-corrected chi connectivity index (χ3v) is 7.19. The zero-order valence-corrected chi connectivity index (χ0v) is 20.0. The quantitative estimate of drug-likeness (QED) is 0.694. The summed E-state index contributed by atoms with van der Waals surface area (Å²) in [6, 6.07) is 4.12. The zero-order valence-electron chi connectivity index (χ0n) is 20.0. The SMILES string of the molecule is Bc1ccnc(N2CCn3c(cc4c3CC(C)(C)C4)C2=O)c1C(C)(C)OC1CCCCO1. The van der Waals surface area contributed by atoms with Crippen molar-refractivity contribution in [1.82, 2.24) is 9.55 Å². The van der Waals surface area contributed by atoms with Crippen molar-refractivity contribution in [1.29, 1.82) is 0 Å². The summed E-state index contributed by atoms with van der Waals surface area (Å²) in [5, 5.41) is 0. The first-order valence-electron chi connectivity index (χ1n) is 11.9. The van der Waals surface area contributed by atoms with E-state index in [1.807, 2.05) is 11.0 Å². The second-order valence-corrected chi connectivity index (χ2v) is 10.9. The number of ether oxygens (including phenoxy) is 2. The maximum absolute atomic E-state index is 13.7. The van der Waals surface area contributed by atoms with Gasteiger partial charge in [-0.3, -0.25) is 9.69 Å². The van der Waals surface area contributed by atoms with Crippen LogP contribution in [0.25, 0.3) is 0 Å². The number of anilines is 1. The van der Waals surface area contributed by atoms with Crippen LogP contribution in [0.3, 0.4) is 0 Å². The number of nitrogens with zero attached hydrogens (tertiary/aromatic N) is 3. The Hall–Kier alpha value is -2.12. The number of amides is 1. The summed E-state index contributed by atoms with van der Waals surface area (Å²) in [6.45, 7) is 10.9. The van der Waals surface area contributed by atoms with Crippen LogP contribution in [0.1, 0.15) is 74.3 Å². The number of hydrogen-bond donors (Lipinski definition) is 0. The molecule has 1 aliphatic carbocycles. The molecule has 1 unspecified atom stereocenters. The molecule has 1 fully saturated rings. The molecule has 0 saturated carbocycles. The predicted octanol–water partition coefficient (Wildman–Crippen LogP) is 2.71. The Morgan fingerprint density at radius 2 is 2.06 bits per heavy atom. The van der Waals surface area contributed by atoms with Crippen molar-refractivity contribution in [2.45, 2.75) is 78.2 Å². The van der Waals surface area contributed by atoms with Gasteiger partial charge in [-0.15, -0.1) is 0 Å². The second kappa shape index (κ2) is 7.74. The summed E-state index contributed by atoms with van der Waals surface area (Å²) >= 11 is 0. The van der Waals surface area contributed by atoms with E-state index in [2.05, 4.69) is 46.2 Å². The molecule has 0 bridgehead atoms. The van der Waals surface area contributed by atoms with Crippen LogP contribution < -0.4 is 10.4 Å². The van der Waals surface area contributed by atoms with Crippen LogP contribution in [0, 0.1) is 5.41 Å². The van der Waals surface area contributed by atoms with Crippen LogP contribution in [-0.2, 0) is 34.5 Å². The number of carbonyl (C=O) groups is 1. The van der Waals surface area contributed by atoms with Crippen LogP contribution in [0.15, 0.2) is 18.3 Å². The van der Waals surface area contributed by atoms with Crippen LogP contribution in [0.5, 0.6) is 0 Å². The van der Waals surface area contributed by atoms with Gasteiger partial charge in [-0.25, -0.2) is 4.98 Å². The second-order valence-electron chi connectivity index (χ2n) is 10.9. The van der Waals surface area contributed by atoms with E-state index < -0.39 is 5.60 Å². The minimum Gasteiger partial charge on any atom is -0.353 e. The lowest BCUT2D eigenvalue weighted by molar-refractivity contribution is -0.218. The van der Waals surface area contributed by atoms with Crippen molar-refractivity contribution in [3.63, 3.8) is 0 Å². The molecule has 1 amide bonds. The molecule has 7 heteroatoms. The molecular weight excluding hydrogens is 401 g/mol. The third-order valence-electron chi connectivity index (χ3n) is 7.19. The number of rotatable bonds is 4. The topological polar surface area (TPSA) is 56.6 Å². The molecule has 0 spiro atoms. The zero-order chi connectivity index (χ0) is 22.7. The van der Waals surface area contributed by atoms with Gasteiger partial charge in [-0.05, 0) is 69.1 Å². The van der Waals surface area contributed by atoms with Crippen molar-refractivity contribution in [3.8, 4) is 0 Å². The molecule has 6 nitrogen and oxygen atoms in total. The van der Waals surface area contributed by atoms with Gasteiger partial charge in [0.05, 0.1) is 5.60 Å². The number of aromatic nitrogens is 2. The van der Waals surface area contributed by atoms with Crippen molar-refractivity contribution < 1.29 is 14.3 Å². The highest BCUT2D eigenvalue weighted by atomic mass is 16.7. The highest BCUT2D eigenvalue weighted by Gasteiger charge is 2.39. The Kier molecular flexibility index (Phi) is 5.25. The lowest BCUT2D eigenvalue weighted by Gasteiger charge is -2.37. The minimum absolute atomic E-state index is 0.0347. The van der Waals surface area contributed by atoms with E-state index >= 15 is 0 Å². The minimum atomic E-state index is -0.624. The molecule has 2 aromatic heterocycles. The first-order chi connectivity index (χ1) is 15.2. The Balaban J connectivity index is 1.48. The molecule has 1 saturated heterocycles. The molecule has 0 N–H and O–H groups in total. The lowest BCUT2D eigenvalue weighted by Crippen LogP contribution is -2.44. The lowest BCUT2D eigenvalue weighted by atomic mass is 9.83. The van der Waals surface area contributed by atoms with E-state index in [9.17, 15) is 4.79 Å². The van der Waals surface area contributed by atoms with E-state index in [0.717, 1.165) is 62.0 Å². The number of carbonyl (C=O) groups excluding carboxylic acids is 1. The summed E-state index contributed by atoms with van der Waals surface area (Å²) in [6.07, 6.45) is 6.74. The molecule has 4 heterocycles. The molecule has 2 aliphatic heterocycles. The van der Waals surface area contributed by atoms with Gasteiger partial charge in [0.2, 0.25) is 0 Å². The molecule has 0 aromatic carbocycles. The fraction of sp³-hybridized carbons (Fsp3) is 0.600. The van der Waals surface area contributed by atoms with E-state index in [1.165, 1.54) is 11.3 Å². The monoisotopic (exact) mass is 435 g/mol. The Morgan fingerprint density at radius 1 is 1.25 bits per heavy atom. The molecular formula is C25H34BN3O3. The van der Waals surface area contributed by atoms with Crippen LogP contribution >= 0.6 is 0 Å². The molecule has 3 aliphatic rings. The van der Waals surface area contributed by atoms with Crippen molar-refractivity contribution in [3.05, 3.63) is 40.8 Å². The average Bonchev–Trinajstić information content (AvgIpc) is 3.21. The molecule has 0 radical (unpaired) electrons. The summed E-state index contributed by atoms with van der Waals surface area (Å²) in [7, 11) is 2.07. The Bertz CT molecular complexity index is 1050. The first-order valence-corrected chi connectivity index (χ1v) is 11.9. The Labute approximate surface area is 191 Å². The van der Waals surface area contributed by atoms with Crippen molar-refractivity contribution >= 4 is 25.0 Å². The molecule has 1 atom stereocenters. The predicted molar refractivity (Wildman–Crippen MR) is 127 cm³/mol. The van der Waals surface area contributed by atoms with E-state index in [1.54, 1.807) is 6.20 Å². The third kappa shape index (κ3) is 3.69. The van der Waals surface area contributed by atoms with Gasteiger partial charge in [0.25, 0.3) is 5.91 Å². The highest BCUT2D eigenvalue weighted by molar-refractivity contribution is 6.34. The van der Waals surface area contributed by atoms with Gasteiger partial charge in [0, 0.05) is 37.2 Å². The van der Waals surface area contributed by atoms with E-state index in [0.29, 0.717) is 12.4 Å². The number of fused-ring (bicyclic) bond motifs is 3. The number of hydrogen-bond acceptors (Lipinski definition) is 4. The molecule has 32 heavy (non-hydrogen) atoms. The van der Waals surface area contributed by atoms with Gasteiger partial charge < -0.3 is 14.0 Å². The first kappa shape index (κ1) is 21.7. The van der Waals surface area contributed by atoms with Crippen LogP contribution in [0.4, 0.5) is 5.82 Å². The summed E-state index contributed by atoms with van der Waals surface area (Å²) in [5.41, 5.74) is 5.16. The maximum Gasteiger partial charge on any atom is 0.276 e. The standard InChI is InChI=1S/C25H34BN3O3/c1-24(2)14-16-13-18-23(30)29(11-10-28(18)19(16)15-24)22-21(17(26)8-9-27-22)25(3,4)32-20-7-5-6-12-31-20/h8-9,13,20H,5-7,10-12,14-15,26H2,1-4H3. The fourth-order valence-electron chi connectivity index (χ4n) is 5.80. The largest absolute Gasteiger partial charge is 0.353 e. The fourth-order valence-corrected chi connectivity index (χ4v) is 5.80. The molecule has 170 valence electrons. The highest BCUT2D eigenvalue weighted by Crippen LogP contribution is 2.40. The van der Waals surface area contributed by atoms with Gasteiger partial charge >= 0.3 is 0 Å². The average molecular weight is 435 g/mol. The Morgan fingerprint density at radius 3 is 2.81 bits per heavy atom. The van der Waals surface area contributed by atoms with Gasteiger partial charge in [-0.2, -0.15) is 0 Å². The smallest absolute Gasteiger partial charge is 0.276 e. The van der Waals surface area contributed by atoms with Gasteiger partial charge in [0.1, 0.15) is 19.4 Å². The maximum atomic E-state index is 13.7. The summed E-state index contributed by atoms with van der Waals surface area (Å²) < 4.78 is 14.5. The van der Waals surface area contributed by atoms with Crippen LogP contribution in [0.2, 0.25) is 0 Å². The van der Waals surface area contributed by atoms with Crippen molar-refractivity contribution in [2.75, 3.05) is 18.1 Å².